The number of ether oxygens (including phenoxy) is 1. The molecule has 2 fully saturated rings. The van der Waals surface area contributed by atoms with Gasteiger partial charge in [0.25, 0.3) is 5.91 Å². The summed E-state index contributed by atoms with van der Waals surface area (Å²) in [4.78, 5) is 12.7. The molecule has 0 bridgehead atoms. The Kier molecular flexibility index (Phi) is 6.07. The molecule has 2 N–H and O–H groups in total. The summed E-state index contributed by atoms with van der Waals surface area (Å²) in [6.45, 7) is 9.44. The predicted octanol–water partition coefficient (Wildman–Crippen LogP) is 4.95. The van der Waals surface area contributed by atoms with Crippen molar-refractivity contribution in [2.24, 2.45) is 5.92 Å². The molecule has 4 nitrogen and oxygen atoms in total. The standard InChI is InChI=1S/C22H33ClN2O2/c1-21(2)12-17(13-22(3,4)25-21)24-20(26)16-9-10-19(18(23)11-16)27-14-15-7-5-6-8-15/h9-11,15,17,25H,5-8,12-14H2,1-4H3,(H,24,26). The van der Waals surface area contributed by atoms with Crippen LogP contribution in [0, 0.1) is 5.92 Å². The first-order valence-corrected chi connectivity index (χ1v) is 10.5. The SMILES string of the molecule is CC1(C)CC(NC(=O)c2ccc(OCC3CCCC3)c(Cl)c2)CC(C)(C)N1. The molecule has 1 aliphatic carbocycles. The number of halogens is 1. The van der Waals surface area contributed by atoms with Crippen molar-refractivity contribution < 1.29 is 9.53 Å². The number of carbonyl (C=O) groups excluding carboxylic acids is 1. The summed E-state index contributed by atoms with van der Waals surface area (Å²) in [6, 6.07) is 5.49. The van der Waals surface area contributed by atoms with Gasteiger partial charge in [-0.25, -0.2) is 0 Å². The number of rotatable bonds is 5. The fraction of sp³-hybridized carbons (Fsp3) is 0.682. The molecule has 2 aliphatic rings. The molecule has 1 aromatic rings. The molecular weight excluding hydrogens is 360 g/mol. The van der Waals surface area contributed by atoms with Crippen molar-refractivity contribution in [1.29, 1.82) is 0 Å². The molecule has 1 aromatic carbocycles. The van der Waals surface area contributed by atoms with Crippen LogP contribution in [0.15, 0.2) is 18.2 Å². The van der Waals surface area contributed by atoms with E-state index in [1.807, 2.05) is 12.1 Å². The number of nitrogens with one attached hydrogen (secondary N) is 2. The van der Waals surface area contributed by atoms with E-state index in [0.29, 0.717) is 28.9 Å². The Hall–Kier alpha value is -1.26. The van der Waals surface area contributed by atoms with E-state index in [-0.39, 0.29) is 23.0 Å². The van der Waals surface area contributed by atoms with Gasteiger partial charge in [-0.3, -0.25) is 4.79 Å². The Morgan fingerprint density at radius 3 is 2.41 bits per heavy atom. The van der Waals surface area contributed by atoms with Gasteiger partial charge < -0.3 is 15.4 Å². The van der Waals surface area contributed by atoms with Crippen molar-refractivity contribution in [3.05, 3.63) is 28.8 Å². The van der Waals surface area contributed by atoms with Crippen LogP contribution in [-0.4, -0.2) is 29.6 Å². The van der Waals surface area contributed by atoms with Crippen molar-refractivity contribution >= 4 is 17.5 Å². The van der Waals surface area contributed by atoms with Gasteiger partial charge in [-0.1, -0.05) is 24.4 Å². The van der Waals surface area contributed by atoms with Crippen LogP contribution in [0.2, 0.25) is 5.02 Å². The van der Waals surface area contributed by atoms with Gasteiger partial charge in [0.1, 0.15) is 5.75 Å². The summed E-state index contributed by atoms with van der Waals surface area (Å²) in [6.07, 6.45) is 6.87. The molecule has 0 unspecified atom stereocenters. The van der Waals surface area contributed by atoms with Crippen LogP contribution < -0.4 is 15.4 Å². The van der Waals surface area contributed by atoms with Crippen molar-refractivity contribution in [1.82, 2.24) is 10.6 Å². The normalized spacial score (nSPS) is 22.6. The molecule has 0 atom stereocenters. The number of amides is 1. The van der Waals surface area contributed by atoms with Gasteiger partial charge in [-0.15, -0.1) is 0 Å². The van der Waals surface area contributed by atoms with Crippen LogP contribution in [0.3, 0.4) is 0 Å². The minimum atomic E-state index is -0.0715. The van der Waals surface area contributed by atoms with Gasteiger partial charge in [0.15, 0.2) is 0 Å². The van der Waals surface area contributed by atoms with Crippen molar-refractivity contribution in [2.75, 3.05) is 6.61 Å². The predicted molar refractivity (Wildman–Crippen MR) is 111 cm³/mol. The summed E-state index contributed by atoms with van der Waals surface area (Å²) in [7, 11) is 0. The molecule has 1 aliphatic heterocycles. The molecule has 0 aromatic heterocycles. The van der Waals surface area contributed by atoms with Crippen LogP contribution in [0.1, 0.15) is 76.6 Å². The van der Waals surface area contributed by atoms with Crippen LogP contribution in [0.4, 0.5) is 0 Å². The van der Waals surface area contributed by atoms with Crippen LogP contribution in [0.5, 0.6) is 5.75 Å². The maximum Gasteiger partial charge on any atom is 0.251 e. The average Bonchev–Trinajstić information content (AvgIpc) is 3.03. The molecule has 0 spiro atoms. The van der Waals surface area contributed by atoms with Gasteiger partial charge in [-0.05, 0) is 77.5 Å². The molecule has 1 amide bonds. The van der Waals surface area contributed by atoms with E-state index in [4.69, 9.17) is 16.3 Å². The number of benzene rings is 1. The Morgan fingerprint density at radius 1 is 1.19 bits per heavy atom. The van der Waals surface area contributed by atoms with Crippen molar-refractivity contribution in [3.63, 3.8) is 0 Å². The van der Waals surface area contributed by atoms with Gasteiger partial charge in [0.2, 0.25) is 0 Å². The molecule has 0 radical (unpaired) electrons. The summed E-state index contributed by atoms with van der Waals surface area (Å²) >= 11 is 6.38. The number of carbonyl (C=O) groups is 1. The quantitative estimate of drug-likeness (QED) is 0.745. The smallest absolute Gasteiger partial charge is 0.251 e. The largest absolute Gasteiger partial charge is 0.492 e. The Morgan fingerprint density at radius 2 is 1.81 bits per heavy atom. The number of piperidine rings is 1. The summed E-state index contributed by atoms with van der Waals surface area (Å²) in [5.41, 5.74) is 0.576. The zero-order valence-corrected chi connectivity index (χ0v) is 17.8. The monoisotopic (exact) mass is 392 g/mol. The third kappa shape index (κ3) is 5.61. The minimum Gasteiger partial charge on any atom is -0.492 e. The molecule has 27 heavy (non-hydrogen) atoms. The second-order valence-electron chi connectivity index (χ2n) is 9.58. The van der Waals surface area contributed by atoms with E-state index in [1.165, 1.54) is 25.7 Å². The Labute approximate surface area is 168 Å². The highest BCUT2D eigenvalue weighted by atomic mass is 35.5. The molecule has 150 valence electrons. The second-order valence-corrected chi connectivity index (χ2v) is 9.99. The molecule has 1 saturated carbocycles. The van der Waals surface area contributed by atoms with Crippen LogP contribution >= 0.6 is 11.6 Å². The second kappa shape index (κ2) is 8.00. The van der Waals surface area contributed by atoms with Gasteiger partial charge in [-0.2, -0.15) is 0 Å². The van der Waals surface area contributed by atoms with E-state index >= 15 is 0 Å². The van der Waals surface area contributed by atoms with E-state index in [1.54, 1.807) is 6.07 Å². The molecule has 5 heteroatoms. The minimum absolute atomic E-state index is 0.00468. The van der Waals surface area contributed by atoms with Crippen LogP contribution in [0.25, 0.3) is 0 Å². The highest BCUT2D eigenvalue weighted by Gasteiger charge is 2.38. The lowest BCUT2D eigenvalue weighted by molar-refractivity contribution is 0.0873. The van der Waals surface area contributed by atoms with E-state index in [0.717, 1.165) is 12.8 Å². The number of hydrogen-bond donors (Lipinski definition) is 2. The zero-order valence-electron chi connectivity index (χ0n) is 17.0. The Bertz CT molecular complexity index is 665. The molecular formula is C22H33ClN2O2. The molecule has 3 rings (SSSR count). The van der Waals surface area contributed by atoms with E-state index in [9.17, 15) is 4.79 Å². The van der Waals surface area contributed by atoms with Crippen molar-refractivity contribution in [2.45, 2.75) is 83.3 Å². The van der Waals surface area contributed by atoms with Crippen LogP contribution in [-0.2, 0) is 0 Å². The summed E-state index contributed by atoms with van der Waals surface area (Å²) in [5.74, 6) is 1.23. The van der Waals surface area contributed by atoms with Gasteiger partial charge in [0.05, 0.1) is 11.6 Å². The zero-order chi connectivity index (χ0) is 19.7. The Balaban J connectivity index is 1.60. The molecule has 1 heterocycles. The van der Waals surface area contributed by atoms with Gasteiger partial charge >= 0.3 is 0 Å². The summed E-state index contributed by atoms with van der Waals surface area (Å²) in [5, 5.41) is 7.34. The van der Waals surface area contributed by atoms with Crippen molar-refractivity contribution in [3.8, 4) is 5.75 Å². The fourth-order valence-electron chi connectivity index (χ4n) is 4.84. The van der Waals surface area contributed by atoms with Gasteiger partial charge in [0, 0.05) is 22.7 Å². The first-order valence-electron chi connectivity index (χ1n) is 10.2. The van der Waals surface area contributed by atoms with E-state index in [2.05, 4.69) is 38.3 Å². The maximum atomic E-state index is 12.7. The third-order valence-electron chi connectivity index (χ3n) is 5.67. The maximum absolute atomic E-state index is 12.7. The number of hydrogen-bond acceptors (Lipinski definition) is 3. The topological polar surface area (TPSA) is 50.4 Å². The highest BCUT2D eigenvalue weighted by molar-refractivity contribution is 6.32. The third-order valence-corrected chi connectivity index (χ3v) is 5.96. The lowest BCUT2D eigenvalue weighted by Gasteiger charge is -2.46. The lowest BCUT2D eigenvalue weighted by Crippen LogP contribution is -2.62. The first kappa shape index (κ1) is 20.5. The average molecular weight is 393 g/mol. The van der Waals surface area contributed by atoms with E-state index < -0.39 is 0 Å². The summed E-state index contributed by atoms with van der Waals surface area (Å²) < 4.78 is 5.89. The molecule has 1 saturated heterocycles. The first-order chi connectivity index (χ1) is 12.6. The highest BCUT2D eigenvalue weighted by Crippen LogP contribution is 2.31. The lowest BCUT2D eigenvalue weighted by atomic mass is 9.79. The fourth-order valence-corrected chi connectivity index (χ4v) is 5.07.